The maximum atomic E-state index is 14.0. The summed E-state index contributed by atoms with van der Waals surface area (Å²) in [5.41, 5.74) is 9.28. The maximum absolute atomic E-state index is 14.0. The van der Waals surface area contributed by atoms with Gasteiger partial charge in [-0.25, -0.2) is 4.39 Å². The molecule has 1 atom stereocenters. The van der Waals surface area contributed by atoms with Crippen LogP contribution in [0.15, 0.2) is 54.7 Å². The lowest BCUT2D eigenvalue weighted by atomic mass is 9.98. The Labute approximate surface area is 117 Å². The Hall–Kier alpha value is -2.26. The zero-order chi connectivity index (χ0) is 14.1. The summed E-state index contributed by atoms with van der Waals surface area (Å²) in [6, 6.07) is 14.4. The van der Waals surface area contributed by atoms with Crippen LogP contribution in [0.3, 0.4) is 0 Å². The van der Waals surface area contributed by atoms with Crippen LogP contribution in [0.25, 0.3) is 10.9 Å². The van der Waals surface area contributed by atoms with Gasteiger partial charge in [-0.05, 0) is 36.2 Å². The molecule has 2 aromatic carbocycles. The monoisotopic (exact) mass is 266 g/mol. The van der Waals surface area contributed by atoms with Crippen LogP contribution in [0.4, 0.5) is 4.39 Å². The number of nitrogens with two attached hydrogens (primary N) is 1. The number of benzene rings is 2. The fraction of sp³-hybridized carbons (Fsp3) is 0.118. The van der Waals surface area contributed by atoms with Gasteiger partial charge in [0, 0.05) is 17.1 Å². The second-order valence-corrected chi connectivity index (χ2v) is 4.96. The number of hydrogen-bond donors (Lipinski definition) is 1. The topological polar surface area (TPSA) is 38.9 Å². The van der Waals surface area contributed by atoms with Crippen LogP contribution in [0.5, 0.6) is 0 Å². The molecule has 0 fully saturated rings. The second kappa shape index (κ2) is 5.02. The summed E-state index contributed by atoms with van der Waals surface area (Å²) in [5.74, 6) is -0.273. The number of para-hydroxylation sites is 1. The molecule has 2 N–H and O–H groups in total. The number of aryl methyl sites for hydroxylation is 1. The summed E-state index contributed by atoms with van der Waals surface area (Å²) < 4.78 is 14.0. The Morgan fingerprint density at radius 2 is 1.90 bits per heavy atom. The van der Waals surface area contributed by atoms with Crippen molar-refractivity contribution in [3.63, 3.8) is 0 Å². The van der Waals surface area contributed by atoms with Gasteiger partial charge in [0.25, 0.3) is 0 Å². The predicted octanol–water partition coefficient (Wildman–Crippen LogP) is 3.73. The zero-order valence-electron chi connectivity index (χ0n) is 11.2. The van der Waals surface area contributed by atoms with Gasteiger partial charge < -0.3 is 5.73 Å². The summed E-state index contributed by atoms with van der Waals surface area (Å²) in [4.78, 5) is 4.37. The number of hydrogen-bond acceptors (Lipinski definition) is 2. The van der Waals surface area contributed by atoms with E-state index in [1.807, 2.05) is 43.3 Å². The molecule has 0 saturated carbocycles. The third-order valence-corrected chi connectivity index (χ3v) is 3.46. The summed E-state index contributed by atoms with van der Waals surface area (Å²) in [6.07, 6.45) is 1.71. The highest BCUT2D eigenvalue weighted by Crippen LogP contribution is 2.24. The van der Waals surface area contributed by atoms with Gasteiger partial charge in [-0.15, -0.1) is 0 Å². The van der Waals surface area contributed by atoms with Crippen molar-refractivity contribution in [2.75, 3.05) is 0 Å². The first kappa shape index (κ1) is 12.8. The molecule has 0 amide bonds. The first-order valence-corrected chi connectivity index (χ1v) is 6.51. The van der Waals surface area contributed by atoms with E-state index >= 15 is 0 Å². The molecule has 3 heteroatoms. The Morgan fingerprint density at radius 3 is 2.70 bits per heavy atom. The van der Waals surface area contributed by atoms with E-state index in [0.29, 0.717) is 5.56 Å². The minimum absolute atomic E-state index is 0.273. The molecule has 20 heavy (non-hydrogen) atoms. The van der Waals surface area contributed by atoms with Gasteiger partial charge in [0.05, 0.1) is 11.6 Å². The molecule has 100 valence electrons. The number of fused-ring (bicyclic) bond motifs is 1. The molecule has 1 aromatic heterocycles. The van der Waals surface area contributed by atoms with Crippen molar-refractivity contribution in [3.05, 3.63) is 77.2 Å². The highest BCUT2D eigenvalue weighted by molar-refractivity contribution is 5.78. The molecular weight excluding hydrogens is 251 g/mol. The number of pyridine rings is 1. The van der Waals surface area contributed by atoms with Gasteiger partial charge in [-0.2, -0.15) is 0 Å². The van der Waals surface area contributed by atoms with Gasteiger partial charge in [0.1, 0.15) is 5.82 Å². The van der Waals surface area contributed by atoms with Gasteiger partial charge >= 0.3 is 0 Å². The zero-order valence-corrected chi connectivity index (χ0v) is 11.2. The van der Waals surface area contributed by atoms with Crippen molar-refractivity contribution in [1.82, 2.24) is 4.98 Å². The van der Waals surface area contributed by atoms with Crippen molar-refractivity contribution < 1.29 is 4.39 Å². The number of nitrogens with zero attached hydrogens (tertiary/aromatic N) is 1. The molecule has 1 unspecified atom stereocenters. The van der Waals surface area contributed by atoms with Crippen LogP contribution in [-0.2, 0) is 0 Å². The van der Waals surface area contributed by atoms with Crippen molar-refractivity contribution in [2.45, 2.75) is 13.0 Å². The average Bonchev–Trinajstić information content (AvgIpc) is 2.46. The molecule has 0 radical (unpaired) electrons. The van der Waals surface area contributed by atoms with E-state index in [-0.39, 0.29) is 5.82 Å². The highest BCUT2D eigenvalue weighted by atomic mass is 19.1. The minimum atomic E-state index is -0.507. The van der Waals surface area contributed by atoms with Crippen LogP contribution in [0, 0.1) is 12.7 Å². The predicted molar refractivity (Wildman–Crippen MR) is 78.9 cm³/mol. The van der Waals surface area contributed by atoms with E-state index in [2.05, 4.69) is 4.98 Å². The normalized spacial score (nSPS) is 12.6. The van der Waals surface area contributed by atoms with Crippen molar-refractivity contribution in [2.24, 2.45) is 5.73 Å². The quantitative estimate of drug-likeness (QED) is 0.767. The van der Waals surface area contributed by atoms with E-state index in [1.165, 1.54) is 6.07 Å². The molecule has 1 heterocycles. The van der Waals surface area contributed by atoms with Crippen LogP contribution < -0.4 is 5.73 Å². The molecule has 3 rings (SSSR count). The third kappa shape index (κ3) is 2.28. The Kier molecular flexibility index (Phi) is 3.20. The van der Waals surface area contributed by atoms with Crippen molar-refractivity contribution in [1.29, 1.82) is 0 Å². The van der Waals surface area contributed by atoms with Gasteiger partial charge in [0.15, 0.2) is 0 Å². The van der Waals surface area contributed by atoms with Crippen LogP contribution in [0.2, 0.25) is 0 Å². The number of rotatable bonds is 2. The molecule has 0 saturated heterocycles. The molecule has 3 aromatic rings. The Bertz CT molecular complexity index is 768. The molecule has 0 aliphatic heterocycles. The first-order valence-electron chi connectivity index (χ1n) is 6.51. The van der Waals surface area contributed by atoms with Crippen molar-refractivity contribution in [3.8, 4) is 0 Å². The van der Waals surface area contributed by atoms with Gasteiger partial charge in [-0.1, -0.05) is 30.3 Å². The van der Waals surface area contributed by atoms with Crippen LogP contribution in [-0.4, -0.2) is 4.98 Å². The second-order valence-electron chi connectivity index (χ2n) is 4.96. The largest absolute Gasteiger partial charge is 0.320 e. The summed E-state index contributed by atoms with van der Waals surface area (Å²) in [5, 5.41) is 1.01. The lowest BCUT2D eigenvalue weighted by Crippen LogP contribution is -2.14. The summed E-state index contributed by atoms with van der Waals surface area (Å²) in [7, 11) is 0. The first-order chi connectivity index (χ1) is 9.65. The number of aromatic nitrogens is 1. The van der Waals surface area contributed by atoms with E-state index in [9.17, 15) is 4.39 Å². The molecule has 0 aliphatic carbocycles. The standard InChI is InChI=1S/C17H15FN2/c1-11-6-7-14(15(18)8-11)17(19)13-9-12-4-2-3-5-16(12)20-10-13/h2-10,17H,19H2,1H3. The van der Waals surface area contributed by atoms with Gasteiger partial charge in [-0.3, -0.25) is 4.98 Å². The molecule has 0 aliphatic rings. The van der Waals surface area contributed by atoms with Crippen LogP contribution >= 0.6 is 0 Å². The lowest BCUT2D eigenvalue weighted by Gasteiger charge is -2.14. The average molecular weight is 266 g/mol. The molecule has 0 spiro atoms. The van der Waals surface area contributed by atoms with E-state index in [1.54, 1.807) is 12.3 Å². The fourth-order valence-corrected chi connectivity index (χ4v) is 2.32. The third-order valence-electron chi connectivity index (χ3n) is 3.46. The lowest BCUT2D eigenvalue weighted by molar-refractivity contribution is 0.598. The van der Waals surface area contributed by atoms with Crippen molar-refractivity contribution >= 4 is 10.9 Å². The van der Waals surface area contributed by atoms with E-state index in [4.69, 9.17) is 5.73 Å². The SMILES string of the molecule is Cc1ccc(C(N)c2cnc3ccccc3c2)c(F)c1. The highest BCUT2D eigenvalue weighted by Gasteiger charge is 2.14. The number of halogens is 1. The summed E-state index contributed by atoms with van der Waals surface area (Å²) in [6.45, 7) is 1.86. The Balaban J connectivity index is 2.05. The summed E-state index contributed by atoms with van der Waals surface area (Å²) >= 11 is 0. The van der Waals surface area contributed by atoms with E-state index < -0.39 is 6.04 Å². The molecule has 2 nitrogen and oxygen atoms in total. The molecular formula is C17H15FN2. The molecule has 0 bridgehead atoms. The van der Waals surface area contributed by atoms with E-state index in [0.717, 1.165) is 22.0 Å². The maximum Gasteiger partial charge on any atom is 0.128 e. The minimum Gasteiger partial charge on any atom is -0.320 e. The fourth-order valence-electron chi connectivity index (χ4n) is 2.32. The van der Waals surface area contributed by atoms with Gasteiger partial charge in [0.2, 0.25) is 0 Å². The Morgan fingerprint density at radius 1 is 1.10 bits per heavy atom. The smallest absolute Gasteiger partial charge is 0.128 e. The van der Waals surface area contributed by atoms with Crippen LogP contribution in [0.1, 0.15) is 22.7 Å².